The molecule has 6 nitrogen and oxygen atoms in total. The maximum atomic E-state index is 12.2. The van der Waals surface area contributed by atoms with E-state index >= 15 is 0 Å². The fraction of sp³-hybridized carbons (Fsp3) is 0.278. The van der Waals surface area contributed by atoms with Gasteiger partial charge in [0.1, 0.15) is 12.4 Å². The van der Waals surface area contributed by atoms with Crippen molar-refractivity contribution in [1.82, 2.24) is 19.8 Å². The van der Waals surface area contributed by atoms with E-state index in [-0.39, 0.29) is 5.69 Å². The Balaban J connectivity index is 1.97. The highest BCUT2D eigenvalue weighted by atomic mass is 35.5. The van der Waals surface area contributed by atoms with E-state index in [1.807, 2.05) is 51.1 Å². The number of nitrogens with zero attached hydrogens (tertiary/aromatic N) is 4. The van der Waals surface area contributed by atoms with E-state index < -0.39 is 0 Å². The first-order chi connectivity index (χ1) is 11.9. The fourth-order valence-electron chi connectivity index (χ4n) is 2.65. The summed E-state index contributed by atoms with van der Waals surface area (Å²) in [5, 5.41) is 8.36. The molecule has 0 amide bonds. The monoisotopic (exact) mass is 358 g/mol. The topological polar surface area (TPSA) is 61.9 Å². The van der Waals surface area contributed by atoms with E-state index in [9.17, 15) is 4.79 Å². The van der Waals surface area contributed by atoms with E-state index in [4.69, 9.17) is 16.3 Å². The first-order valence-corrected chi connectivity index (χ1v) is 8.23. The van der Waals surface area contributed by atoms with E-state index in [1.54, 1.807) is 7.05 Å². The molecule has 0 aliphatic rings. The molecule has 0 aliphatic heterocycles. The van der Waals surface area contributed by atoms with Crippen LogP contribution in [0.4, 0.5) is 0 Å². The molecule has 0 atom stereocenters. The lowest BCUT2D eigenvalue weighted by Crippen LogP contribution is -2.23. The Kier molecular flexibility index (Phi) is 4.63. The Morgan fingerprint density at radius 1 is 1.08 bits per heavy atom. The van der Waals surface area contributed by atoms with Crippen molar-refractivity contribution < 1.29 is 4.74 Å². The van der Waals surface area contributed by atoms with Gasteiger partial charge in [-0.1, -0.05) is 29.8 Å². The number of aryl methyl sites for hydroxylation is 4. The minimum Gasteiger partial charge on any atom is -0.488 e. The van der Waals surface area contributed by atoms with Gasteiger partial charge in [0.25, 0.3) is 0 Å². The summed E-state index contributed by atoms with van der Waals surface area (Å²) < 4.78 is 8.46. The van der Waals surface area contributed by atoms with Crippen LogP contribution in [0.3, 0.4) is 0 Å². The second-order valence-electron chi connectivity index (χ2n) is 6.03. The van der Waals surface area contributed by atoms with Crippen LogP contribution < -0.4 is 10.4 Å². The van der Waals surface area contributed by atoms with Crippen LogP contribution in [-0.2, 0) is 13.7 Å². The van der Waals surface area contributed by atoms with Gasteiger partial charge in [0, 0.05) is 17.6 Å². The Bertz CT molecular complexity index is 991. The summed E-state index contributed by atoms with van der Waals surface area (Å²) in [6.45, 7) is 6.20. The van der Waals surface area contributed by atoms with Gasteiger partial charge in [-0.3, -0.25) is 0 Å². The van der Waals surface area contributed by atoms with Gasteiger partial charge in [0.2, 0.25) is 0 Å². The minimum absolute atomic E-state index is 0.297. The molecule has 0 saturated carbocycles. The molecule has 0 aliphatic carbocycles. The predicted octanol–water partition coefficient (Wildman–Crippen LogP) is 3.12. The number of rotatable bonds is 4. The summed E-state index contributed by atoms with van der Waals surface area (Å²) in [5.41, 5.74) is 4.25. The van der Waals surface area contributed by atoms with Gasteiger partial charge in [-0.05, 0) is 60.0 Å². The molecule has 0 unspecified atom stereocenters. The Morgan fingerprint density at radius 2 is 1.84 bits per heavy atom. The second kappa shape index (κ2) is 6.72. The predicted molar refractivity (Wildman–Crippen MR) is 96.6 cm³/mol. The molecule has 3 aromatic rings. The van der Waals surface area contributed by atoms with Crippen LogP contribution in [0.1, 0.15) is 22.3 Å². The molecule has 25 heavy (non-hydrogen) atoms. The molecule has 0 saturated heterocycles. The largest absolute Gasteiger partial charge is 0.488 e. The van der Waals surface area contributed by atoms with Crippen molar-refractivity contribution in [1.29, 1.82) is 0 Å². The second-order valence-corrected chi connectivity index (χ2v) is 6.43. The van der Waals surface area contributed by atoms with Crippen LogP contribution in [0, 0.1) is 20.8 Å². The van der Waals surface area contributed by atoms with Gasteiger partial charge in [0.05, 0.1) is 5.69 Å². The highest BCUT2D eigenvalue weighted by molar-refractivity contribution is 6.31. The lowest BCUT2D eigenvalue weighted by atomic mass is 10.1. The molecular weight excluding hydrogens is 340 g/mol. The minimum atomic E-state index is -0.304. The number of hydrogen-bond donors (Lipinski definition) is 0. The third-order valence-electron chi connectivity index (χ3n) is 4.16. The van der Waals surface area contributed by atoms with E-state index in [0.29, 0.717) is 17.3 Å². The third kappa shape index (κ3) is 3.30. The zero-order valence-electron chi connectivity index (χ0n) is 14.6. The van der Waals surface area contributed by atoms with Crippen LogP contribution in [0.5, 0.6) is 5.75 Å². The van der Waals surface area contributed by atoms with E-state index in [0.717, 1.165) is 28.0 Å². The van der Waals surface area contributed by atoms with E-state index in [1.165, 1.54) is 9.36 Å². The van der Waals surface area contributed by atoms with Crippen molar-refractivity contribution >= 4 is 11.6 Å². The number of tetrazole rings is 1. The maximum Gasteiger partial charge on any atom is 0.368 e. The summed E-state index contributed by atoms with van der Waals surface area (Å²) in [5.74, 6) is 0.719. The summed E-state index contributed by atoms with van der Waals surface area (Å²) in [7, 11) is 1.56. The summed E-state index contributed by atoms with van der Waals surface area (Å²) in [6, 6.07) is 9.49. The number of hydrogen-bond acceptors (Lipinski definition) is 4. The molecule has 1 heterocycles. The van der Waals surface area contributed by atoms with Gasteiger partial charge < -0.3 is 4.74 Å². The number of benzene rings is 2. The van der Waals surface area contributed by atoms with Crippen molar-refractivity contribution in [2.24, 2.45) is 7.05 Å². The summed E-state index contributed by atoms with van der Waals surface area (Å²) in [4.78, 5) is 12.2. The van der Waals surface area contributed by atoms with Gasteiger partial charge in [-0.25, -0.2) is 4.79 Å². The Hall–Kier alpha value is -2.60. The SMILES string of the molecule is Cc1cc(C)c(OCc2c(C)cccc2-n2nnn(C)c2=O)cc1Cl. The Morgan fingerprint density at radius 3 is 2.52 bits per heavy atom. The first kappa shape index (κ1) is 17.2. The third-order valence-corrected chi connectivity index (χ3v) is 4.57. The van der Waals surface area contributed by atoms with Crippen molar-refractivity contribution in [3.05, 3.63) is 68.1 Å². The van der Waals surface area contributed by atoms with Crippen LogP contribution in [0.15, 0.2) is 35.1 Å². The summed E-state index contributed by atoms with van der Waals surface area (Å²) >= 11 is 6.20. The molecular formula is C18H19ClN4O2. The van der Waals surface area contributed by atoms with Crippen molar-refractivity contribution in [2.75, 3.05) is 0 Å². The van der Waals surface area contributed by atoms with Gasteiger partial charge in [-0.15, -0.1) is 0 Å². The Labute approximate surface area is 150 Å². The number of halogens is 1. The molecule has 0 fully saturated rings. The van der Waals surface area contributed by atoms with Crippen molar-refractivity contribution in [3.63, 3.8) is 0 Å². The van der Waals surface area contributed by atoms with Gasteiger partial charge in [-0.2, -0.15) is 9.36 Å². The normalized spacial score (nSPS) is 10.9. The highest BCUT2D eigenvalue weighted by Gasteiger charge is 2.14. The molecule has 3 rings (SSSR count). The van der Waals surface area contributed by atoms with Gasteiger partial charge in [0.15, 0.2) is 0 Å². The summed E-state index contributed by atoms with van der Waals surface area (Å²) in [6.07, 6.45) is 0. The molecule has 0 spiro atoms. The standard InChI is InChI=1S/C18H19ClN4O2/c1-11-6-5-7-16(23-18(24)22(4)20-21-23)14(11)10-25-17-9-15(19)12(2)8-13(17)3/h5-9H,10H2,1-4H3. The molecule has 1 aromatic heterocycles. The van der Waals surface area contributed by atoms with Crippen LogP contribution in [0.25, 0.3) is 5.69 Å². The fourth-order valence-corrected chi connectivity index (χ4v) is 2.80. The zero-order valence-corrected chi connectivity index (χ0v) is 15.3. The van der Waals surface area contributed by atoms with Crippen LogP contribution >= 0.6 is 11.6 Å². The zero-order chi connectivity index (χ0) is 18.1. The number of aromatic nitrogens is 4. The lowest BCUT2D eigenvalue weighted by Gasteiger charge is -2.15. The van der Waals surface area contributed by atoms with Crippen molar-refractivity contribution in [2.45, 2.75) is 27.4 Å². The molecule has 130 valence electrons. The average Bonchev–Trinajstić information content (AvgIpc) is 2.90. The molecule has 2 aromatic carbocycles. The molecule has 0 radical (unpaired) electrons. The lowest BCUT2D eigenvalue weighted by molar-refractivity contribution is 0.302. The number of ether oxygens (including phenoxy) is 1. The van der Waals surface area contributed by atoms with Crippen LogP contribution in [-0.4, -0.2) is 19.8 Å². The van der Waals surface area contributed by atoms with Gasteiger partial charge >= 0.3 is 5.69 Å². The van der Waals surface area contributed by atoms with Crippen molar-refractivity contribution in [3.8, 4) is 11.4 Å². The molecule has 7 heteroatoms. The quantitative estimate of drug-likeness (QED) is 0.719. The molecule has 0 bridgehead atoms. The first-order valence-electron chi connectivity index (χ1n) is 7.86. The smallest absolute Gasteiger partial charge is 0.368 e. The van der Waals surface area contributed by atoms with Crippen LogP contribution in [0.2, 0.25) is 5.02 Å². The van der Waals surface area contributed by atoms with E-state index in [2.05, 4.69) is 10.4 Å². The maximum absolute atomic E-state index is 12.2. The average molecular weight is 359 g/mol. The molecule has 0 N–H and O–H groups in total. The highest BCUT2D eigenvalue weighted by Crippen LogP contribution is 2.28.